The van der Waals surface area contributed by atoms with Gasteiger partial charge in [0, 0.05) is 6.54 Å². The molecule has 0 spiro atoms. The number of carbonyl (C=O) groups excluding carboxylic acids is 1. The Balaban J connectivity index is 0.00000289. The van der Waals surface area contributed by atoms with Crippen LogP contribution in [0.1, 0.15) is 12.8 Å². The lowest BCUT2D eigenvalue weighted by Crippen LogP contribution is -2.39. The van der Waals surface area contributed by atoms with Crippen LogP contribution in [0.5, 0.6) is 0 Å². The van der Waals surface area contributed by atoms with E-state index in [2.05, 4.69) is 15.4 Å². The maximum atomic E-state index is 11.7. The molecule has 1 aliphatic heterocycles. The van der Waals surface area contributed by atoms with Crippen LogP contribution in [0.25, 0.3) is 0 Å². The van der Waals surface area contributed by atoms with Crippen LogP contribution in [0.3, 0.4) is 0 Å². The van der Waals surface area contributed by atoms with E-state index in [1.807, 2.05) is 0 Å². The van der Waals surface area contributed by atoms with E-state index < -0.39 is 25.3 Å². The molecule has 0 aromatic rings. The molecule has 0 saturated carbocycles. The molecule has 18 heavy (non-hydrogen) atoms. The third kappa shape index (κ3) is 8.54. The molecule has 8 heteroatoms. The first-order valence-electron chi connectivity index (χ1n) is 5.59. The highest BCUT2D eigenvalue weighted by Gasteiger charge is 2.27. The van der Waals surface area contributed by atoms with Crippen molar-refractivity contribution in [3.05, 3.63) is 0 Å². The Labute approximate surface area is 110 Å². The number of hydrogen-bond donors (Lipinski definition) is 2. The molecule has 1 atom stereocenters. The van der Waals surface area contributed by atoms with E-state index in [0.717, 1.165) is 25.9 Å². The normalized spacial score (nSPS) is 20.1. The molecule has 1 saturated heterocycles. The molecule has 108 valence electrons. The predicted molar refractivity (Wildman–Crippen MR) is 62.7 cm³/mol. The number of piperidine rings is 1. The van der Waals surface area contributed by atoms with E-state index in [0.29, 0.717) is 12.5 Å². The lowest BCUT2D eigenvalue weighted by molar-refractivity contribution is -0.175. The Morgan fingerprint density at radius 2 is 2.17 bits per heavy atom. The highest BCUT2D eigenvalue weighted by atomic mass is 35.5. The molecule has 0 bridgehead atoms. The van der Waals surface area contributed by atoms with E-state index in [4.69, 9.17) is 0 Å². The average molecular weight is 291 g/mol. The van der Waals surface area contributed by atoms with Gasteiger partial charge in [-0.15, -0.1) is 12.4 Å². The second-order valence-electron chi connectivity index (χ2n) is 4.12. The van der Waals surface area contributed by atoms with Crippen molar-refractivity contribution in [3.8, 4) is 0 Å². The molecule has 0 aromatic heterocycles. The Kier molecular flexibility index (Phi) is 8.30. The Hall–Kier alpha value is -0.530. The summed E-state index contributed by atoms with van der Waals surface area (Å²) < 4.78 is 39.4. The van der Waals surface area contributed by atoms with Gasteiger partial charge in [-0.1, -0.05) is 0 Å². The average Bonchev–Trinajstić information content (AvgIpc) is 2.26. The van der Waals surface area contributed by atoms with Crippen molar-refractivity contribution < 1.29 is 22.7 Å². The van der Waals surface area contributed by atoms with Gasteiger partial charge in [-0.25, -0.2) is 0 Å². The van der Waals surface area contributed by atoms with E-state index in [1.165, 1.54) is 0 Å². The van der Waals surface area contributed by atoms with Crippen molar-refractivity contribution >= 4 is 18.3 Å². The first-order chi connectivity index (χ1) is 7.97. The predicted octanol–water partition coefficient (Wildman–Crippen LogP) is 1.10. The molecule has 1 heterocycles. The summed E-state index contributed by atoms with van der Waals surface area (Å²) in [7, 11) is 0. The fourth-order valence-corrected chi connectivity index (χ4v) is 1.67. The van der Waals surface area contributed by atoms with Gasteiger partial charge in [0.15, 0.2) is 0 Å². The largest absolute Gasteiger partial charge is 0.411 e. The summed E-state index contributed by atoms with van der Waals surface area (Å²) in [5.74, 6) is -0.143. The molecule has 1 amide bonds. The summed E-state index contributed by atoms with van der Waals surface area (Å²) in [6, 6.07) is 0. The maximum absolute atomic E-state index is 11.7. The third-order valence-corrected chi connectivity index (χ3v) is 2.49. The van der Waals surface area contributed by atoms with Gasteiger partial charge in [0.25, 0.3) is 0 Å². The van der Waals surface area contributed by atoms with Crippen LogP contribution < -0.4 is 10.6 Å². The van der Waals surface area contributed by atoms with Gasteiger partial charge in [-0.3, -0.25) is 4.79 Å². The maximum Gasteiger partial charge on any atom is 0.411 e. The fraction of sp³-hybridized carbons (Fsp3) is 0.900. The van der Waals surface area contributed by atoms with Crippen LogP contribution in [0, 0.1) is 5.92 Å². The lowest BCUT2D eigenvalue weighted by Gasteiger charge is -2.22. The molecule has 2 N–H and O–H groups in total. The highest BCUT2D eigenvalue weighted by molar-refractivity contribution is 5.85. The molecular formula is C10H18ClF3N2O2. The number of carbonyl (C=O) groups is 1. The smallest absolute Gasteiger partial charge is 0.362 e. The first-order valence-corrected chi connectivity index (χ1v) is 5.59. The molecule has 0 aliphatic carbocycles. The summed E-state index contributed by atoms with van der Waals surface area (Å²) in [5, 5.41) is 5.76. The minimum Gasteiger partial charge on any atom is -0.362 e. The van der Waals surface area contributed by atoms with Gasteiger partial charge in [-0.05, 0) is 31.8 Å². The Morgan fingerprint density at radius 1 is 1.44 bits per heavy atom. The first kappa shape index (κ1) is 17.5. The molecule has 1 rings (SSSR count). The highest BCUT2D eigenvalue weighted by Crippen LogP contribution is 2.14. The monoisotopic (exact) mass is 290 g/mol. The van der Waals surface area contributed by atoms with Gasteiger partial charge < -0.3 is 15.4 Å². The quantitative estimate of drug-likeness (QED) is 0.797. The molecular weight excluding hydrogens is 273 g/mol. The second kappa shape index (κ2) is 8.55. The molecule has 1 aliphatic rings. The summed E-state index contributed by atoms with van der Waals surface area (Å²) >= 11 is 0. The van der Waals surface area contributed by atoms with Crippen molar-refractivity contribution in [3.63, 3.8) is 0 Å². The van der Waals surface area contributed by atoms with E-state index in [1.54, 1.807) is 0 Å². The van der Waals surface area contributed by atoms with Crippen LogP contribution in [-0.4, -0.2) is 44.9 Å². The van der Waals surface area contributed by atoms with Crippen LogP contribution in [-0.2, 0) is 9.53 Å². The zero-order valence-corrected chi connectivity index (χ0v) is 10.7. The number of nitrogens with one attached hydrogen (secondary N) is 2. The van der Waals surface area contributed by atoms with Crippen LogP contribution in [0.2, 0.25) is 0 Å². The molecule has 4 nitrogen and oxygen atoms in total. The fourth-order valence-electron chi connectivity index (χ4n) is 1.67. The lowest BCUT2D eigenvalue weighted by atomic mass is 10.00. The Bertz CT molecular complexity index is 246. The van der Waals surface area contributed by atoms with Crippen LogP contribution in [0.15, 0.2) is 0 Å². The van der Waals surface area contributed by atoms with Gasteiger partial charge in [0.1, 0.15) is 13.2 Å². The van der Waals surface area contributed by atoms with Gasteiger partial charge in [0.05, 0.1) is 0 Å². The number of halogens is 4. The number of alkyl halides is 3. The number of amides is 1. The van der Waals surface area contributed by atoms with Gasteiger partial charge in [-0.2, -0.15) is 13.2 Å². The van der Waals surface area contributed by atoms with E-state index in [-0.39, 0.29) is 12.4 Å². The van der Waals surface area contributed by atoms with Crippen molar-refractivity contribution in [2.45, 2.75) is 19.0 Å². The topological polar surface area (TPSA) is 50.4 Å². The number of hydrogen-bond acceptors (Lipinski definition) is 3. The summed E-state index contributed by atoms with van der Waals surface area (Å²) in [6.07, 6.45) is -2.30. The molecule has 1 fully saturated rings. The molecule has 1 unspecified atom stereocenters. The minimum atomic E-state index is -4.38. The molecule has 0 aromatic carbocycles. The van der Waals surface area contributed by atoms with Crippen molar-refractivity contribution in [1.82, 2.24) is 10.6 Å². The summed E-state index contributed by atoms with van der Waals surface area (Å²) in [4.78, 5) is 11.1. The Morgan fingerprint density at radius 3 is 2.72 bits per heavy atom. The van der Waals surface area contributed by atoms with Crippen LogP contribution in [0.4, 0.5) is 13.2 Å². The third-order valence-electron chi connectivity index (χ3n) is 2.49. The van der Waals surface area contributed by atoms with E-state index >= 15 is 0 Å². The summed E-state index contributed by atoms with van der Waals surface area (Å²) in [5.41, 5.74) is 0. The zero-order chi connectivity index (χ0) is 12.7. The molecule has 0 radical (unpaired) electrons. The number of rotatable bonds is 5. The van der Waals surface area contributed by atoms with Crippen LogP contribution >= 0.6 is 12.4 Å². The van der Waals surface area contributed by atoms with Crippen molar-refractivity contribution in [1.29, 1.82) is 0 Å². The van der Waals surface area contributed by atoms with Gasteiger partial charge in [0.2, 0.25) is 5.91 Å². The van der Waals surface area contributed by atoms with Crippen molar-refractivity contribution in [2.75, 3.05) is 32.8 Å². The SMILES string of the molecule is Cl.O=C(COCC(F)(F)F)NCC1CCCNC1. The second-order valence-corrected chi connectivity index (χ2v) is 4.12. The van der Waals surface area contributed by atoms with Gasteiger partial charge >= 0.3 is 6.18 Å². The standard InChI is InChI=1S/C10H17F3N2O2.ClH/c11-10(12,13)7-17-6-9(16)15-5-8-2-1-3-14-4-8;/h8,14H,1-7H2,(H,15,16);1H. The summed E-state index contributed by atoms with van der Waals surface area (Å²) in [6.45, 7) is 0.384. The van der Waals surface area contributed by atoms with E-state index in [9.17, 15) is 18.0 Å². The zero-order valence-electron chi connectivity index (χ0n) is 9.89. The number of ether oxygens (including phenoxy) is 1. The minimum absolute atomic E-state index is 0. The van der Waals surface area contributed by atoms with Crippen molar-refractivity contribution in [2.24, 2.45) is 5.92 Å².